The third-order valence-electron chi connectivity index (χ3n) is 4.51. The summed E-state index contributed by atoms with van der Waals surface area (Å²) in [6.07, 6.45) is 0.867. The van der Waals surface area contributed by atoms with Crippen LogP contribution in [0, 0.1) is 5.92 Å². The molecule has 0 aliphatic carbocycles. The number of carbonyl (C=O) groups excluding carboxylic acids is 1. The Labute approximate surface area is 160 Å². The van der Waals surface area contributed by atoms with Crippen molar-refractivity contribution in [2.45, 2.75) is 33.2 Å². The van der Waals surface area contributed by atoms with Gasteiger partial charge >= 0.3 is 0 Å². The lowest BCUT2D eigenvalue weighted by molar-refractivity contribution is 0.0925. The second-order valence-corrected chi connectivity index (χ2v) is 6.91. The Balaban J connectivity index is 1.77. The molecule has 0 saturated heterocycles. The van der Waals surface area contributed by atoms with E-state index >= 15 is 0 Å². The fraction of sp³-hybridized carbons (Fsp3) is 0.409. The molecule has 27 heavy (non-hydrogen) atoms. The topological polar surface area (TPSA) is 56.8 Å². The van der Waals surface area contributed by atoms with Gasteiger partial charge in [0, 0.05) is 12.0 Å². The second-order valence-electron chi connectivity index (χ2n) is 6.91. The largest absolute Gasteiger partial charge is 0.494 e. The van der Waals surface area contributed by atoms with Gasteiger partial charge in [-0.25, -0.2) is 0 Å². The van der Waals surface area contributed by atoms with Crippen molar-refractivity contribution in [3.05, 3.63) is 53.6 Å². The zero-order valence-electron chi connectivity index (χ0n) is 16.2. The molecular weight excluding hydrogens is 342 g/mol. The molecule has 2 aromatic rings. The number of hydrogen-bond acceptors (Lipinski definition) is 4. The fourth-order valence-electron chi connectivity index (χ4n) is 3.10. The molecule has 1 N–H and O–H groups in total. The number of carbonyl (C=O) groups is 1. The van der Waals surface area contributed by atoms with Crippen LogP contribution in [0.1, 0.15) is 49.2 Å². The van der Waals surface area contributed by atoms with Crippen molar-refractivity contribution < 1.29 is 19.0 Å². The average molecular weight is 369 g/mol. The molecule has 0 spiro atoms. The van der Waals surface area contributed by atoms with E-state index in [1.807, 2.05) is 37.3 Å². The van der Waals surface area contributed by atoms with Crippen molar-refractivity contribution in [3.63, 3.8) is 0 Å². The summed E-state index contributed by atoms with van der Waals surface area (Å²) in [5.41, 5.74) is 1.62. The number of ether oxygens (including phenoxy) is 3. The number of hydrogen-bond donors (Lipinski definition) is 1. The predicted molar refractivity (Wildman–Crippen MR) is 105 cm³/mol. The van der Waals surface area contributed by atoms with E-state index in [-0.39, 0.29) is 17.9 Å². The van der Waals surface area contributed by atoms with Crippen LogP contribution in [-0.2, 0) is 0 Å². The van der Waals surface area contributed by atoms with Crippen LogP contribution in [0.4, 0.5) is 0 Å². The third kappa shape index (κ3) is 4.73. The summed E-state index contributed by atoms with van der Waals surface area (Å²) in [6, 6.07) is 13.0. The van der Waals surface area contributed by atoms with Crippen molar-refractivity contribution in [1.82, 2.24) is 5.32 Å². The van der Waals surface area contributed by atoms with Gasteiger partial charge in [-0.05, 0) is 54.8 Å². The summed E-state index contributed by atoms with van der Waals surface area (Å²) in [4.78, 5) is 12.7. The van der Waals surface area contributed by atoms with Gasteiger partial charge in [0.2, 0.25) is 0 Å². The predicted octanol–water partition coefficient (Wildman–Crippen LogP) is 4.37. The molecule has 0 unspecified atom stereocenters. The second kappa shape index (κ2) is 8.80. The van der Waals surface area contributed by atoms with E-state index in [2.05, 4.69) is 19.2 Å². The first kappa shape index (κ1) is 19.1. The number of benzene rings is 2. The molecule has 1 aliphatic heterocycles. The Morgan fingerprint density at radius 1 is 1.07 bits per heavy atom. The maximum Gasteiger partial charge on any atom is 0.251 e. The lowest BCUT2D eigenvalue weighted by atomic mass is 9.95. The normalized spacial score (nSPS) is 14.4. The van der Waals surface area contributed by atoms with E-state index in [9.17, 15) is 4.79 Å². The van der Waals surface area contributed by atoms with Crippen molar-refractivity contribution in [2.24, 2.45) is 5.92 Å². The van der Waals surface area contributed by atoms with E-state index in [0.29, 0.717) is 25.4 Å². The Bertz CT molecular complexity index is 770. The monoisotopic (exact) mass is 369 g/mol. The zero-order chi connectivity index (χ0) is 19.2. The van der Waals surface area contributed by atoms with E-state index in [4.69, 9.17) is 14.2 Å². The average Bonchev–Trinajstić information content (AvgIpc) is 2.91. The van der Waals surface area contributed by atoms with Crippen LogP contribution in [-0.4, -0.2) is 25.7 Å². The van der Waals surface area contributed by atoms with Crippen LogP contribution in [0.25, 0.3) is 0 Å². The Morgan fingerprint density at radius 2 is 1.78 bits per heavy atom. The van der Waals surface area contributed by atoms with Gasteiger partial charge in [0.15, 0.2) is 11.5 Å². The molecule has 1 aliphatic rings. The molecule has 0 fully saturated rings. The molecule has 2 aromatic carbocycles. The van der Waals surface area contributed by atoms with E-state index < -0.39 is 0 Å². The fourth-order valence-corrected chi connectivity index (χ4v) is 3.10. The van der Waals surface area contributed by atoms with Gasteiger partial charge in [-0.1, -0.05) is 19.9 Å². The van der Waals surface area contributed by atoms with Gasteiger partial charge in [0.05, 0.1) is 25.9 Å². The first-order chi connectivity index (χ1) is 13.1. The van der Waals surface area contributed by atoms with Crippen molar-refractivity contribution >= 4 is 5.91 Å². The molecule has 1 amide bonds. The summed E-state index contributed by atoms with van der Waals surface area (Å²) in [7, 11) is 0. The van der Waals surface area contributed by atoms with E-state index in [1.54, 1.807) is 12.1 Å². The van der Waals surface area contributed by atoms with Crippen LogP contribution in [0.15, 0.2) is 42.5 Å². The van der Waals surface area contributed by atoms with Gasteiger partial charge in [0.25, 0.3) is 5.91 Å². The quantitative estimate of drug-likeness (QED) is 0.821. The molecule has 1 heterocycles. The molecule has 3 rings (SSSR count). The summed E-state index contributed by atoms with van der Waals surface area (Å²) in [5.74, 6) is 2.38. The number of rotatable bonds is 6. The van der Waals surface area contributed by atoms with Crippen molar-refractivity contribution in [3.8, 4) is 17.2 Å². The van der Waals surface area contributed by atoms with Gasteiger partial charge in [-0.2, -0.15) is 0 Å². The number of fused-ring (bicyclic) bond motifs is 1. The lowest BCUT2D eigenvalue weighted by Crippen LogP contribution is -2.31. The molecule has 0 bridgehead atoms. The number of nitrogens with one attached hydrogen (secondary N) is 1. The van der Waals surface area contributed by atoms with Crippen LogP contribution in [0.2, 0.25) is 0 Å². The lowest BCUT2D eigenvalue weighted by Gasteiger charge is -2.24. The van der Waals surface area contributed by atoms with Gasteiger partial charge in [-0.3, -0.25) is 4.79 Å². The Hall–Kier alpha value is -2.69. The molecular formula is C22H27NO4. The van der Waals surface area contributed by atoms with Gasteiger partial charge in [-0.15, -0.1) is 0 Å². The summed E-state index contributed by atoms with van der Waals surface area (Å²) >= 11 is 0. The van der Waals surface area contributed by atoms with Gasteiger partial charge < -0.3 is 19.5 Å². The molecule has 0 aromatic heterocycles. The molecule has 0 radical (unpaired) electrons. The summed E-state index contributed by atoms with van der Waals surface area (Å²) < 4.78 is 16.9. The van der Waals surface area contributed by atoms with Crippen LogP contribution in [0.5, 0.6) is 17.2 Å². The maximum atomic E-state index is 12.7. The van der Waals surface area contributed by atoms with Crippen LogP contribution < -0.4 is 19.5 Å². The maximum absolute atomic E-state index is 12.7. The minimum atomic E-state index is -0.124. The van der Waals surface area contributed by atoms with Crippen molar-refractivity contribution in [2.75, 3.05) is 19.8 Å². The number of amides is 1. The Morgan fingerprint density at radius 3 is 2.44 bits per heavy atom. The first-order valence-electron chi connectivity index (χ1n) is 9.51. The highest BCUT2D eigenvalue weighted by atomic mass is 16.5. The third-order valence-corrected chi connectivity index (χ3v) is 4.51. The SMILES string of the molecule is CCOc1ccc(C(=O)N[C@H](c2ccc3c(c2)OCCCO3)C(C)C)cc1. The minimum absolute atomic E-state index is 0.108. The van der Waals surface area contributed by atoms with Crippen molar-refractivity contribution in [1.29, 1.82) is 0 Å². The van der Waals surface area contributed by atoms with Crippen LogP contribution in [0.3, 0.4) is 0 Å². The highest BCUT2D eigenvalue weighted by Gasteiger charge is 2.21. The van der Waals surface area contributed by atoms with E-state index in [1.165, 1.54) is 0 Å². The summed E-state index contributed by atoms with van der Waals surface area (Å²) in [6.45, 7) is 8.02. The summed E-state index contributed by atoms with van der Waals surface area (Å²) in [5, 5.41) is 3.15. The minimum Gasteiger partial charge on any atom is -0.494 e. The smallest absolute Gasteiger partial charge is 0.251 e. The zero-order valence-corrected chi connectivity index (χ0v) is 16.2. The molecule has 0 saturated carbocycles. The standard InChI is InChI=1S/C22H27NO4/c1-4-25-18-9-6-16(7-10-18)22(24)23-21(15(2)3)17-8-11-19-20(14-17)27-13-5-12-26-19/h6-11,14-15,21H,4-5,12-13H2,1-3H3,(H,23,24)/t21-/m0/s1. The molecule has 5 nitrogen and oxygen atoms in total. The molecule has 144 valence electrons. The molecule has 1 atom stereocenters. The highest BCUT2D eigenvalue weighted by Crippen LogP contribution is 2.34. The van der Waals surface area contributed by atoms with Gasteiger partial charge in [0.1, 0.15) is 5.75 Å². The van der Waals surface area contributed by atoms with E-state index in [0.717, 1.165) is 29.2 Å². The van der Waals surface area contributed by atoms with Crippen LogP contribution >= 0.6 is 0 Å². The molecule has 5 heteroatoms. The first-order valence-corrected chi connectivity index (χ1v) is 9.51. The highest BCUT2D eigenvalue weighted by molar-refractivity contribution is 5.94. The Kier molecular flexibility index (Phi) is 6.22.